The number of sulfone groups is 1. The molecule has 4 aromatic carbocycles. The largest absolute Gasteiger partial charge is 0.508 e. The van der Waals surface area contributed by atoms with Crippen molar-refractivity contribution in [1.82, 2.24) is 0 Å². The van der Waals surface area contributed by atoms with E-state index in [1.54, 1.807) is 0 Å². The minimum atomic E-state index is -4.11. The highest BCUT2D eigenvalue weighted by atomic mass is 32.2. The zero-order valence-electron chi connectivity index (χ0n) is 20.8. The standard InChI is InChI=1S/C28H20N2O10S/c31-19-7-5-18(6-8-19)30(28(37)38)26(34)17-3-12-22(13-4-17)41(39,40)21-10-1-16(2-11-21)25(33)29-24-14-9-20(32)15-23(24)27(35)36/h1-15,31-32H,(H,29,33)(H,35,36)(H,37,38). The molecule has 0 aliphatic carbocycles. The summed E-state index contributed by atoms with van der Waals surface area (Å²) < 4.78 is 26.3. The van der Waals surface area contributed by atoms with Crippen molar-refractivity contribution in [2.24, 2.45) is 0 Å². The fraction of sp³-hybridized carbons (Fsp3) is 0. The van der Waals surface area contributed by atoms with E-state index < -0.39 is 33.7 Å². The Kier molecular flexibility index (Phi) is 7.73. The van der Waals surface area contributed by atoms with Crippen LogP contribution in [0.1, 0.15) is 31.1 Å². The maximum Gasteiger partial charge on any atom is 0.419 e. The molecule has 0 unspecified atom stereocenters. The van der Waals surface area contributed by atoms with Crippen LogP contribution in [-0.2, 0) is 9.84 Å². The molecule has 0 spiro atoms. The summed E-state index contributed by atoms with van der Waals surface area (Å²) in [7, 11) is -4.11. The number of phenols is 2. The van der Waals surface area contributed by atoms with Gasteiger partial charge in [-0.1, -0.05) is 0 Å². The van der Waals surface area contributed by atoms with Gasteiger partial charge in [0.15, 0.2) is 0 Å². The highest BCUT2D eigenvalue weighted by molar-refractivity contribution is 7.91. The SMILES string of the molecule is O=C(Nc1ccc(O)cc1C(=O)O)c1ccc(S(=O)(=O)c2ccc(C(=O)N(C(=O)O)c3ccc(O)cc3)cc2)cc1. The molecule has 3 amide bonds. The average molecular weight is 577 g/mol. The second-order valence-corrected chi connectivity index (χ2v) is 10.4. The van der Waals surface area contributed by atoms with Crippen LogP contribution in [-0.4, -0.2) is 52.7 Å². The molecular weight excluding hydrogens is 556 g/mol. The summed E-state index contributed by atoms with van der Waals surface area (Å²) in [4.78, 5) is 48.7. The van der Waals surface area contributed by atoms with Gasteiger partial charge >= 0.3 is 12.1 Å². The summed E-state index contributed by atoms with van der Waals surface area (Å²) in [5.41, 5.74) is -0.517. The van der Waals surface area contributed by atoms with Gasteiger partial charge in [-0.15, -0.1) is 0 Å². The fourth-order valence-electron chi connectivity index (χ4n) is 3.76. The van der Waals surface area contributed by atoms with Crippen LogP contribution in [0.2, 0.25) is 0 Å². The van der Waals surface area contributed by atoms with E-state index in [-0.39, 0.29) is 49.4 Å². The number of benzene rings is 4. The summed E-state index contributed by atoms with van der Waals surface area (Å²) in [5, 5.41) is 40.1. The molecular formula is C28H20N2O10S. The average Bonchev–Trinajstić information content (AvgIpc) is 2.95. The number of nitrogens with zero attached hydrogens (tertiary/aromatic N) is 1. The Morgan fingerprint density at radius 3 is 1.68 bits per heavy atom. The first kappa shape index (κ1) is 28.3. The normalized spacial score (nSPS) is 10.9. The molecule has 208 valence electrons. The molecule has 4 aromatic rings. The maximum absolute atomic E-state index is 13.1. The van der Waals surface area contributed by atoms with Crippen molar-refractivity contribution >= 4 is 45.1 Å². The minimum Gasteiger partial charge on any atom is -0.508 e. The first-order chi connectivity index (χ1) is 19.4. The highest BCUT2D eigenvalue weighted by Gasteiger charge is 2.26. The predicted octanol–water partition coefficient (Wildman–Crippen LogP) is 4.21. The lowest BCUT2D eigenvalue weighted by molar-refractivity contribution is 0.0697. The number of hydrogen-bond acceptors (Lipinski definition) is 8. The molecule has 0 heterocycles. The van der Waals surface area contributed by atoms with Gasteiger partial charge in [0.05, 0.1) is 26.7 Å². The van der Waals surface area contributed by atoms with Gasteiger partial charge in [-0.25, -0.2) is 22.9 Å². The van der Waals surface area contributed by atoms with E-state index in [2.05, 4.69) is 5.32 Å². The number of carboxylic acid groups (broad SMARTS) is 2. The van der Waals surface area contributed by atoms with E-state index in [4.69, 9.17) is 0 Å². The van der Waals surface area contributed by atoms with Crippen LogP contribution in [0.25, 0.3) is 0 Å². The third-order valence-corrected chi connectivity index (χ3v) is 7.61. The van der Waals surface area contributed by atoms with Crippen molar-refractivity contribution < 1.29 is 48.0 Å². The topological polar surface area (TPSA) is 199 Å². The number of aromatic hydroxyl groups is 2. The number of anilines is 2. The molecule has 0 fully saturated rings. The number of aromatic carboxylic acids is 1. The molecule has 5 N–H and O–H groups in total. The van der Waals surface area contributed by atoms with Gasteiger partial charge in [0.2, 0.25) is 9.84 Å². The molecule has 0 saturated carbocycles. The molecule has 0 saturated heterocycles. The number of carbonyl (C=O) groups excluding carboxylic acids is 2. The van der Waals surface area contributed by atoms with Crippen LogP contribution in [0.15, 0.2) is 101 Å². The van der Waals surface area contributed by atoms with Crippen LogP contribution >= 0.6 is 0 Å². The Morgan fingerprint density at radius 2 is 1.17 bits per heavy atom. The number of amides is 3. The van der Waals surface area contributed by atoms with Gasteiger partial charge in [-0.3, -0.25) is 9.59 Å². The summed E-state index contributed by atoms with van der Waals surface area (Å²) in [5.74, 6) is -3.46. The predicted molar refractivity (Wildman–Crippen MR) is 144 cm³/mol. The summed E-state index contributed by atoms with van der Waals surface area (Å²) in [6, 6.07) is 17.7. The molecule has 0 aromatic heterocycles. The molecule has 0 aliphatic rings. The second kappa shape index (κ2) is 11.2. The van der Waals surface area contributed by atoms with Crippen LogP contribution in [0.4, 0.5) is 16.2 Å². The Morgan fingerprint density at radius 1 is 0.659 bits per heavy atom. The number of rotatable bonds is 7. The van der Waals surface area contributed by atoms with Crippen molar-refractivity contribution in [3.05, 3.63) is 108 Å². The zero-order chi connectivity index (χ0) is 29.9. The molecule has 12 nitrogen and oxygen atoms in total. The van der Waals surface area contributed by atoms with Gasteiger partial charge in [-0.05, 0) is 91.0 Å². The molecule has 41 heavy (non-hydrogen) atoms. The summed E-state index contributed by atoms with van der Waals surface area (Å²) in [6.07, 6.45) is -1.58. The minimum absolute atomic E-state index is 0.0225. The van der Waals surface area contributed by atoms with Crippen LogP contribution < -0.4 is 10.2 Å². The smallest absolute Gasteiger partial charge is 0.419 e. The Hall–Kier alpha value is -5.69. The zero-order valence-corrected chi connectivity index (χ0v) is 21.6. The van der Waals surface area contributed by atoms with Gasteiger partial charge < -0.3 is 25.7 Å². The van der Waals surface area contributed by atoms with Crippen molar-refractivity contribution in [3.63, 3.8) is 0 Å². The molecule has 0 bridgehead atoms. The molecule has 13 heteroatoms. The van der Waals surface area contributed by atoms with E-state index in [1.807, 2.05) is 0 Å². The first-order valence-electron chi connectivity index (χ1n) is 11.6. The maximum atomic E-state index is 13.1. The second-order valence-electron chi connectivity index (χ2n) is 8.48. The molecule has 4 rings (SSSR count). The lowest BCUT2D eigenvalue weighted by Crippen LogP contribution is -2.35. The van der Waals surface area contributed by atoms with Gasteiger partial charge in [0, 0.05) is 11.1 Å². The van der Waals surface area contributed by atoms with Crippen molar-refractivity contribution in [2.75, 3.05) is 10.2 Å². The number of phenolic OH excluding ortho intramolecular Hbond substituents is 2. The first-order valence-corrected chi connectivity index (χ1v) is 13.1. The molecule has 0 aliphatic heterocycles. The highest BCUT2D eigenvalue weighted by Crippen LogP contribution is 2.26. The van der Waals surface area contributed by atoms with Gasteiger partial charge in [0.25, 0.3) is 11.8 Å². The number of imide groups is 1. The van der Waals surface area contributed by atoms with Crippen molar-refractivity contribution in [1.29, 1.82) is 0 Å². The Labute approximate surface area is 232 Å². The number of carboxylic acids is 1. The van der Waals surface area contributed by atoms with Gasteiger partial charge in [-0.2, -0.15) is 0 Å². The third kappa shape index (κ3) is 5.99. The summed E-state index contributed by atoms with van der Waals surface area (Å²) >= 11 is 0. The fourth-order valence-corrected chi connectivity index (χ4v) is 5.02. The molecule has 0 radical (unpaired) electrons. The Balaban J connectivity index is 1.53. The Bertz CT molecular complexity index is 1770. The number of carbonyl (C=O) groups is 4. The number of hydrogen-bond donors (Lipinski definition) is 5. The van der Waals surface area contributed by atoms with Crippen LogP contribution in [0.5, 0.6) is 11.5 Å². The van der Waals surface area contributed by atoms with E-state index in [9.17, 15) is 48.0 Å². The lowest BCUT2D eigenvalue weighted by atomic mass is 10.1. The number of nitrogens with one attached hydrogen (secondary N) is 1. The summed E-state index contributed by atoms with van der Waals surface area (Å²) in [6.45, 7) is 0. The van der Waals surface area contributed by atoms with E-state index in [0.29, 0.717) is 4.90 Å². The van der Waals surface area contributed by atoms with Crippen LogP contribution in [0.3, 0.4) is 0 Å². The molecule has 0 atom stereocenters. The quantitative estimate of drug-likeness (QED) is 0.199. The lowest BCUT2D eigenvalue weighted by Gasteiger charge is -2.17. The van der Waals surface area contributed by atoms with Crippen molar-refractivity contribution in [2.45, 2.75) is 9.79 Å². The third-order valence-electron chi connectivity index (χ3n) is 5.82. The van der Waals surface area contributed by atoms with E-state index >= 15 is 0 Å². The van der Waals surface area contributed by atoms with Crippen LogP contribution in [0, 0.1) is 0 Å². The van der Waals surface area contributed by atoms with Crippen molar-refractivity contribution in [3.8, 4) is 11.5 Å². The van der Waals surface area contributed by atoms with Gasteiger partial charge in [0.1, 0.15) is 11.5 Å². The monoisotopic (exact) mass is 576 g/mol. The van der Waals surface area contributed by atoms with E-state index in [1.165, 1.54) is 60.7 Å². The van der Waals surface area contributed by atoms with E-state index in [0.717, 1.165) is 30.3 Å².